The van der Waals surface area contributed by atoms with Gasteiger partial charge in [0.15, 0.2) is 0 Å². The van der Waals surface area contributed by atoms with E-state index in [1.54, 1.807) is 25.1 Å². The van der Waals surface area contributed by atoms with E-state index in [1.165, 1.54) is 12.1 Å². The summed E-state index contributed by atoms with van der Waals surface area (Å²) >= 11 is 0. The van der Waals surface area contributed by atoms with Crippen molar-refractivity contribution in [1.29, 1.82) is 0 Å². The molecule has 3 aromatic carbocycles. The van der Waals surface area contributed by atoms with Crippen LogP contribution >= 0.6 is 0 Å². The largest absolute Gasteiger partial charge is 0.508 e. The Balaban J connectivity index is 1.62. The minimum atomic E-state index is -0.559. The number of anilines is 1. The van der Waals surface area contributed by atoms with Crippen LogP contribution in [0.2, 0.25) is 0 Å². The highest BCUT2D eigenvalue weighted by atomic mass is 19.1. The van der Waals surface area contributed by atoms with E-state index in [-0.39, 0.29) is 24.6 Å². The highest BCUT2D eigenvalue weighted by Gasteiger charge is 2.16. The summed E-state index contributed by atoms with van der Waals surface area (Å²) < 4.78 is 20.3. The Morgan fingerprint density at radius 2 is 1.72 bits per heavy atom. The van der Waals surface area contributed by atoms with Gasteiger partial charge in [-0.3, -0.25) is 9.59 Å². The molecular formula is C29H29FN2O4. The van der Waals surface area contributed by atoms with Crippen molar-refractivity contribution in [3.8, 4) is 5.75 Å². The van der Waals surface area contributed by atoms with Crippen LogP contribution in [0.4, 0.5) is 10.1 Å². The van der Waals surface area contributed by atoms with Crippen molar-refractivity contribution >= 4 is 28.5 Å². The zero-order valence-corrected chi connectivity index (χ0v) is 20.6. The SMILES string of the molecule is CCOC(=O)CC(=O)Nc1ccc(C)c2c1cc(C)n2Cc1ccc(O)c(Cc2ccc(F)cc2)c1. The van der Waals surface area contributed by atoms with Crippen molar-refractivity contribution in [3.05, 3.63) is 94.4 Å². The van der Waals surface area contributed by atoms with Gasteiger partial charge < -0.3 is 19.7 Å². The maximum Gasteiger partial charge on any atom is 0.315 e. The number of carbonyl (C=O) groups is 2. The number of phenolic OH excluding ortho intramolecular Hbond substituents is 1. The lowest BCUT2D eigenvalue weighted by atomic mass is 10.0. The molecule has 1 amide bonds. The van der Waals surface area contributed by atoms with Crippen LogP contribution in [0, 0.1) is 19.7 Å². The van der Waals surface area contributed by atoms with Gasteiger partial charge in [0.1, 0.15) is 18.0 Å². The van der Waals surface area contributed by atoms with Crippen molar-refractivity contribution in [2.75, 3.05) is 11.9 Å². The predicted molar refractivity (Wildman–Crippen MR) is 138 cm³/mol. The second-order valence-electron chi connectivity index (χ2n) is 8.86. The van der Waals surface area contributed by atoms with Crippen LogP contribution in [0.15, 0.2) is 60.7 Å². The van der Waals surface area contributed by atoms with Crippen LogP contribution in [-0.4, -0.2) is 28.2 Å². The molecule has 0 aliphatic rings. The van der Waals surface area contributed by atoms with Gasteiger partial charge in [-0.15, -0.1) is 0 Å². The molecule has 2 N–H and O–H groups in total. The normalized spacial score (nSPS) is 11.0. The van der Waals surface area contributed by atoms with Gasteiger partial charge in [-0.2, -0.15) is 0 Å². The topological polar surface area (TPSA) is 80.6 Å². The van der Waals surface area contributed by atoms with E-state index in [2.05, 4.69) is 9.88 Å². The number of benzene rings is 3. The lowest BCUT2D eigenvalue weighted by Gasteiger charge is -2.14. The van der Waals surface area contributed by atoms with Crippen LogP contribution < -0.4 is 5.32 Å². The van der Waals surface area contributed by atoms with Crippen molar-refractivity contribution in [2.24, 2.45) is 0 Å². The van der Waals surface area contributed by atoms with Gasteiger partial charge in [0, 0.05) is 24.0 Å². The quantitative estimate of drug-likeness (QED) is 0.249. The summed E-state index contributed by atoms with van der Waals surface area (Å²) in [7, 11) is 0. The Labute approximate surface area is 209 Å². The molecule has 0 aliphatic carbocycles. The summed E-state index contributed by atoms with van der Waals surface area (Å²) in [6, 6.07) is 17.6. The summed E-state index contributed by atoms with van der Waals surface area (Å²) in [4.78, 5) is 24.1. The van der Waals surface area contributed by atoms with Crippen LogP contribution in [0.5, 0.6) is 5.75 Å². The number of halogens is 1. The fourth-order valence-corrected chi connectivity index (χ4v) is 4.42. The summed E-state index contributed by atoms with van der Waals surface area (Å²) in [5.74, 6) is -1.08. The molecule has 0 bridgehead atoms. The number of nitrogens with one attached hydrogen (secondary N) is 1. The Morgan fingerprint density at radius 1 is 1.00 bits per heavy atom. The van der Waals surface area contributed by atoms with Crippen LogP contribution in [0.3, 0.4) is 0 Å². The standard InChI is InChI=1S/C29H29FN2O4/c1-4-36-28(35)16-27(34)31-25-11-5-18(2)29-24(25)13-19(3)32(29)17-21-8-12-26(33)22(15-21)14-20-6-9-23(30)10-7-20/h5-13,15,33H,4,14,16-17H2,1-3H3,(H,31,34). The maximum absolute atomic E-state index is 13.3. The Bertz CT molecular complexity index is 1420. The van der Waals surface area contributed by atoms with Gasteiger partial charge in [0.05, 0.1) is 17.8 Å². The first kappa shape index (κ1) is 25.0. The molecule has 0 saturated carbocycles. The molecule has 0 unspecified atom stereocenters. The van der Waals surface area contributed by atoms with Crippen molar-refractivity contribution in [3.63, 3.8) is 0 Å². The monoisotopic (exact) mass is 488 g/mol. The third kappa shape index (κ3) is 5.57. The molecule has 0 spiro atoms. The van der Waals surface area contributed by atoms with Crippen LogP contribution in [0.25, 0.3) is 10.9 Å². The summed E-state index contributed by atoms with van der Waals surface area (Å²) in [6.07, 6.45) is 0.147. The highest BCUT2D eigenvalue weighted by Crippen LogP contribution is 2.31. The average molecular weight is 489 g/mol. The number of ether oxygens (including phenoxy) is 1. The Kier molecular flexibility index (Phi) is 7.38. The lowest BCUT2D eigenvalue weighted by molar-refractivity contribution is -0.145. The molecule has 186 valence electrons. The molecule has 7 heteroatoms. The summed E-state index contributed by atoms with van der Waals surface area (Å²) in [5.41, 5.74) is 6.34. The van der Waals surface area contributed by atoms with E-state index in [0.29, 0.717) is 18.7 Å². The van der Waals surface area contributed by atoms with Gasteiger partial charge in [-0.25, -0.2) is 4.39 Å². The fourth-order valence-electron chi connectivity index (χ4n) is 4.42. The van der Waals surface area contributed by atoms with Gasteiger partial charge >= 0.3 is 5.97 Å². The van der Waals surface area contributed by atoms with Crippen molar-refractivity contribution < 1.29 is 23.8 Å². The summed E-state index contributed by atoms with van der Waals surface area (Å²) in [6.45, 7) is 6.51. The first-order valence-corrected chi connectivity index (χ1v) is 11.8. The molecule has 0 atom stereocenters. The number of aryl methyl sites for hydroxylation is 2. The molecule has 0 aliphatic heterocycles. The van der Waals surface area contributed by atoms with Crippen molar-refractivity contribution in [1.82, 2.24) is 4.57 Å². The fraction of sp³-hybridized carbons (Fsp3) is 0.241. The minimum absolute atomic E-state index is 0.194. The third-order valence-corrected chi connectivity index (χ3v) is 6.14. The number of aromatic hydroxyl groups is 1. The first-order valence-electron chi connectivity index (χ1n) is 11.8. The molecule has 0 fully saturated rings. The molecule has 36 heavy (non-hydrogen) atoms. The number of fused-ring (bicyclic) bond motifs is 1. The molecule has 0 saturated heterocycles. The minimum Gasteiger partial charge on any atom is -0.508 e. The molecular weight excluding hydrogens is 459 g/mol. The predicted octanol–water partition coefficient (Wildman–Crippen LogP) is 5.63. The molecule has 1 heterocycles. The number of hydrogen-bond donors (Lipinski definition) is 2. The molecule has 0 radical (unpaired) electrons. The van der Waals surface area contributed by atoms with Crippen LogP contribution in [-0.2, 0) is 27.3 Å². The zero-order valence-electron chi connectivity index (χ0n) is 20.6. The lowest BCUT2D eigenvalue weighted by Crippen LogP contribution is -2.18. The number of aromatic nitrogens is 1. The van der Waals surface area contributed by atoms with Crippen LogP contribution in [0.1, 0.15) is 41.3 Å². The van der Waals surface area contributed by atoms with E-state index in [1.807, 2.05) is 44.2 Å². The van der Waals surface area contributed by atoms with Gasteiger partial charge in [0.2, 0.25) is 5.91 Å². The van der Waals surface area contributed by atoms with E-state index < -0.39 is 11.9 Å². The number of amides is 1. The number of esters is 1. The molecule has 4 rings (SSSR count). The zero-order chi connectivity index (χ0) is 25.8. The van der Waals surface area contributed by atoms with E-state index in [0.717, 1.165) is 38.9 Å². The smallest absolute Gasteiger partial charge is 0.315 e. The van der Waals surface area contributed by atoms with Gasteiger partial charge in [-0.1, -0.05) is 24.3 Å². The Morgan fingerprint density at radius 3 is 2.44 bits per heavy atom. The van der Waals surface area contributed by atoms with E-state index in [4.69, 9.17) is 4.74 Å². The highest BCUT2D eigenvalue weighted by molar-refractivity contribution is 6.07. The van der Waals surface area contributed by atoms with E-state index >= 15 is 0 Å². The second kappa shape index (κ2) is 10.6. The van der Waals surface area contributed by atoms with Gasteiger partial charge in [-0.05, 0) is 79.4 Å². The average Bonchev–Trinajstić information content (AvgIpc) is 3.16. The maximum atomic E-state index is 13.3. The third-order valence-electron chi connectivity index (χ3n) is 6.14. The number of hydrogen-bond acceptors (Lipinski definition) is 4. The molecule has 4 aromatic rings. The van der Waals surface area contributed by atoms with E-state index in [9.17, 15) is 19.1 Å². The first-order chi connectivity index (χ1) is 17.2. The number of phenols is 1. The molecule has 1 aromatic heterocycles. The molecule has 6 nitrogen and oxygen atoms in total. The second-order valence-corrected chi connectivity index (χ2v) is 8.86. The number of rotatable bonds is 8. The summed E-state index contributed by atoms with van der Waals surface area (Å²) in [5, 5.41) is 14.1. The number of nitrogens with zero attached hydrogens (tertiary/aromatic N) is 1. The van der Waals surface area contributed by atoms with Crippen molar-refractivity contribution in [2.45, 2.75) is 40.2 Å². The Hall–Kier alpha value is -4.13. The van der Waals surface area contributed by atoms with Gasteiger partial charge in [0.25, 0.3) is 0 Å². The number of carbonyl (C=O) groups excluding carboxylic acids is 2.